The number of ether oxygens (including phenoxy) is 1. The van der Waals surface area contributed by atoms with Crippen molar-refractivity contribution in [1.82, 2.24) is 9.97 Å². The lowest BCUT2D eigenvalue weighted by Crippen LogP contribution is -2.03. The summed E-state index contributed by atoms with van der Waals surface area (Å²) in [7, 11) is 3.47. The highest BCUT2D eigenvalue weighted by Gasteiger charge is 2.09. The fourth-order valence-electron chi connectivity index (χ4n) is 1.77. The first kappa shape index (κ1) is 16.0. The molecule has 1 heterocycles. The summed E-state index contributed by atoms with van der Waals surface area (Å²) in [5.74, 6) is 3.05. The number of rotatable bonds is 5. The van der Waals surface area contributed by atoms with Gasteiger partial charge in [0.1, 0.15) is 23.2 Å². The third kappa shape index (κ3) is 3.85. The standard InChI is InChI=1S/C14H16Br2N4O/c1-4-12-19-13(17-2)7-14(20-12)18-10-6-11(21-3)9(16)5-8(10)15/h5-7H,4H2,1-3H3,(H2,17,18,19,20). The number of halogens is 2. The van der Waals surface area contributed by atoms with Crippen LogP contribution < -0.4 is 15.4 Å². The van der Waals surface area contributed by atoms with Gasteiger partial charge in [0, 0.05) is 30.1 Å². The zero-order valence-corrected chi connectivity index (χ0v) is 15.2. The van der Waals surface area contributed by atoms with E-state index in [-0.39, 0.29) is 0 Å². The molecule has 2 N–H and O–H groups in total. The van der Waals surface area contributed by atoms with Crippen LogP contribution in [0.15, 0.2) is 27.1 Å². The normalized spacial score (nSPS) is 10.3. The van der Waals surface area contributed by atoms with Gasteiger partial charge in [-0.15, -0.1) is 0 Å². The van der Waals surface area contributed by atoms with Crippen molar-refractivity contribution in [3.63, 3.8) is 0 Å². The molecule has 0 unspecified atom stereocenters. The van der Waals surface area contributed by atoms with Gasteiger partial charge < -0.3 is 15.4 Å². The van der Waals surface area contributed by atoms with Crippen LogP contribution in [0.25, 0.3) is 0 Å². The second kappa shape index (κ2) is 7.09. The molecule has 0 spiro atoms. The molecule has 0 aliphatic carbocycles. The van der Waals surface area contributed by atoms with Gasteiger partial charge in [-0.1, -0.05) is 6.92 Å². The summed E-state index contributed by atoms with van der Waals surface area (Å²) >= 11 is 6.99. The Labute approximate surface area is 140 Å². The third-order valence-corrected chi connectivity index (χ3v) is 4.12. The van der Waals surface area contributed by atoms with Gasteiger partial charge in [0.2, 0.25) is 0 Å². The van der Waals surface area contributed by atoms with Crippen molar-refractivity contribution >= 4 is 49.2 Å². The number of aryl methyl sites for hydroxylation is 1. The van der Waals surface area contributed by atoms with Crippen LogP contribution in [0, 0.1) is 0 Å². The molecular weight excluding hydrogens is 400 g/mol. The molecule has 0 aliphatic heterocycles. The van der Waals surface area contributed by atoms with Crippen molar-refractivity contribution in [3.05, 3.63) is 33.0 Å². The molecule has 112 valence electrons. The lowest BCUT2D eigenvalue weighted by molar-refractivity contribution is 0.412. The first-order valence-corrected chi connectivity index (χ1v) is 8.01. The number of nitrogens with one attached hydrogen (secondary N) is 2. The first-order chi connectivity index (χ1) is 10.1. The average Bonchev–Trinajstić information content (AvgIpc) is 2.49. The maximum absolute atomic E-state index is 5.32. The highest BCUT2D eigenvalue weighted by Crippen LogP contribution is 2.35. The predicted octanol–water partition coefficient (Wildman–Crippen LogP) is 4.36. The Morgan fingerprint density at radius 3 is 2.43 bits per heavy atom. The van der Waals surface area contributed by atoms with Gasteiger partial charge in [0.05, 0.1) is 17.3 Å². The Morgan fingerprint density at radius 2 is 1.81 bits per heavy atom. The number of benzene rings is 1. The van der Waals surface area contributed by atoms with Crippen molar-refractivity contribution in [2.45, 2.75) is 13.3 Å². The molecule has 2 aromatic rings. The molecule has 0 atom stereocenters. The Hall–Kier alpha value is -1.34. The SMILES string of the molecule is CCc1nc(NC)cc(Nc2cc(OC)c(Br)cc2Br)n1. The van der Waals surface area contributed by atoms with Gasteiger partial charge >= 0.3 is 0 Å². The summed E-state index contributed by atoms with van der Waals surface area (Å²) in [4.78, 5) is 8.85. The second-order valence-corrected chi connectivity index (χ2v) is 5.96. The summed E-state index contributed by atoms with van der Waals surface area (Å²) in [6.07, 6.45) is 0.773. The van der Waals surface area contributed by atoms with E-state index in [9.17, 15) is 0 Å². The molecule has 2 rings (SSSR count). The number of hydrogen-bond donors (Lipinski definition) is 2. The first-order valence-electron chi connectivity index (χ1n) is 6.43. The lowest BCUT2D eigenvalue weighted by Gasteiger charge is -2.13. The van der Waals surface area contributed by atoms with E-state index in [2.05, 4.69) is 52.5 Å². The molecule has 1 aromatic carbocycles. The average molecular weight is 416 g/mol. The monoisotopic (exact) mass is 414 g/mol. The molecular formula is C14H16Br2N4O. The van der Waals surface area contributed by atoms with Crippen molar-refractivity contribution in [3.8, 4) is 5.75 Å². The van der Waals surface area contributed by atoms with Gasteiger partial charge in [0.15, 0.2) is 0 Å². The number of nitrogens with zero attached hydrogens (tertiary/aromatic N) is 2. The van der Waals surface area contributed by atoms with Gasteiger partial charge in [-0.2, -0.15) is 0 Å². The molecule has 0 radical (unpaired) electrons. The van der Waals surface area contributed by atoms with Crippen molar-refractivity contribution in [1.29, 1.82) is 0 Å². The minimum Gasteiger partial charge on any atom is -0.495 e. The maximum Gasteiger partial charge on any atom is 0.136 e. The van der Waals surface area contributed by atoms with E-state index in [1.807, 2.05) is 32.2 Å². The van der Waals surface area contributed by atoms with Crippen molar-refractivity contribution in [2.24, 2.45) is 0 Å². The number of methoxy groups -OCH3 is 1. The van der Waals surface area contributed by atoms with Gasteiger partial charge in [-0.25, -0.2) is 9.97 Å². The van der Waals surface area contributed by atoms with Crippen LogP contribution in [0.4, 0.5) is 17.3 Å². The number of anilines is 3. The van der Waals surface area contributed by atoms with Crippen LogP contribution in [0.1, 0.15) is 12.7 Å². The van der Waals surface area contributed by atoms with Crippen molar-refractivity contribution in [2.75, 3.05) is 24.8 Å². The van der Waals surface area contributed by atoms with Crippen LogP contribution in [-0.2, 0) is 6.42 Å². The predicted molar refractivity (Wildman–Crippen MR) is 92.6 cm³/mol. The zero-order chi connectivity index (χ0) is 15.4. The van der Waals surface area contributed by atoms with E-state index in [1.165, 1.54) is 0 Å². The quantitative estimate of drug-likeness (QED) is 0.759. The molecule has 7 heteroatoms. The van der Waals surface area contributed by atoms with Gasteiger partial charge in [-0.3, -0.25) is 0 Å². The van der Waals surface area contributed by atoms with E-state index < -0.39 is 0 Å². The number of hydrogen-bond acceptors (Lipinski definition) is 5. The Kier molecular flexibility index (Phi) is 5.41. The van der Waals surface area contributed by atoms with Crippen LogP contribution in [0.2, 0.25) is 0 Å². The molecule has 0 amide bonds. The Bertz CT molecular complexity index is 627. The third-order valence-electron chi connectivity index (χ3n) is 2.85. The van der Waals surface area contributed by atoms with E-state index in [1.54, 1.807) is 7.11 Å². The summed E-state index contributed by atoms with van der Waals surface area (Å²) in [6.45, 7) is 2.02. The molecule has 0 fully saturated rings. The van der Waals surface area contributed by atoms with Gasteiger partial charge in [0.25, 0.3) is 0 Å². The summed E-state index contributed by atoms with van der Waals surface area (Å²) in [5, 5.41) is 6.32. The van der Waals surface area contributed by atoms with Crippen LogP contribution in [-0.4, -0.2) is 24.1 Å². The lowest BCUT2D eigenvalue weighted by atomic mass is 10.3. The fourth-order valence-corrected chi connectivity index (χ4v) is 3.02. The number of aromatic nitrogens is 2. The highest BCUT2D eigenvalue weighted by molar-refractivity contribution is 9.11. The summed E-state index contributed by atoms with van der Waals surface area (Å²) in [6, 6.07) is 5.70. The van der Waals surface area contributed by atoms with Crippen LogP contribution >= 0.6 is 31.9 Å². The van der Waals surface area contributed by atoms with Gasteiger partial charge in [-0.05, 0) is 37.9 Å². The molecule has 0 bridgehead atoms. The zero-order valence-electron chi connectivity index (χ0n) is 12.0. The topological polar surface area (TPSA) is 59.1 Å². The molecule has 0 aliphatic rings. The molecule has 1 aromatic heterocycles. The molecule has 0 saturated carbocycles. The fraction of sp³-hybridized carbons (Fsp3) is 0.286. The molecule has 5 nitrogen and oxygen atoms in total. The Morgan fingerprint density at radius 1 is 1.10 bits per heavy atom. The highest BCUT2D eigenvalue weighted by atomic mass is 79.9. The summed E-state index contributed by atoms with van der Waals surface area (Å²) in [5.41, 5.74) is 0.873. The molecule has 21 heavy (non-hydrogen) atoms. The smallest absolute Gasteiger partial charge is 0.136 e. The van der Waals surface area contributed by atoms with E-state index in [0.717, 1.165) is 44.3 Å². The minimum atomic E-state index is 0.733. The van der Waals surface area contributed by atoms with Crippen molar-refractivity contribution < 1.29 is 4.74 Å². The van der Waals surface area contributed by atoms with Crippen LogP contribution in [0.3, 0.4) is 0 Å². The summed E-state index contributed by atoms with van der Waals surface area (Å²) < 4.78 is 7.11. The van der Waals surface area contributed by atoms with E-state index in [0.29, 0.717) is 0 Å². The molecule has 0 saturated heterocycles. The second-order valence-electron chi connectivity index (χ2n) is 4.25. The van der Waals surface area contributed by atoms with E-state index in [4.69, 9.17) is 4.74 Å². The minimum absolute atomic E-state index is 0.733. The van der Waals surface area contributed by atoms with Crippen LogP contribution in [0.5, 0.6) is 5.75 Å². The largest absolute Gasteiger partial charge is 0.495 e. The maximum atomic E-state index is 5.32. The van der Waals surface area contributed by atoms with E-state index >= 15 is 0 Å². The Balaban J connectivity index is 2.37.